The predicted molar refractivity (Wildman–Crippen MR) is 109 cm³/mol. The molecule has 3 aliphatic rings. The van der Waals surface area contributed by atoms with Crippen LogP contribution in [0.5, 0.6) is 5.75 Å². The molecule has 0 spiro atoms. The topological polar surface area (TPSA) is 49.9 Å². The zero-order valence-electron chi connectivity index (χ0n) is 15.9. The highest BCUT2D eigenvalue weighted by atomic mass is 35.5. The van der Waals surface area contributed by atoms with E-state index in [-0.39, 0.29) is 17.7 Å². The van der Waals surface area contributed by atoms with Crippen molar-refractivity contribution in [2.75, 3.05) is 32.8 Å². The minimum Gasteiger partial charge on any atom is -0.488 e. The Morgan fingerprint density at radius 3 is 2.57 bits per heavy atom. The third kappa shape index (κ3) is 4.25. The van der Waals surface area contributed by atoms with E-state index < -0.39 is 0 Å². The predicted octanol–water partition coefficient (Wildman–Crippen LogP) is 3.53. The van der Waals surface area contributed by atoms with Gasteiger partial charge in [0.15, 0.2) is 0 Å². The average Bonchev–Trinajstić information content (AvgIpc) is 3.26. The third-order valence-corrected chi connectivity index (χ3v) is 5.96. The Labute approximate surface area is 170 Å². The van der Waals surface area contributed by atoms with Crippen LogP contribution >= 0.6 is 11.6 Å². The summed E-state index contributed by atoms with van der Waals surface area (Å²) in [5.41, 5.74) is 1.86. The molecule has 3 aliphatic heterocycles. The van der Waals surface area contributed by atoms with Gasteiger partial charge in [0.2, 0.25) is 11.8 Å². The van der Waals surface area contributed by atoms with E-state index in [0.717, 1.165) is 55.7 Å². The van der Waals surface area contributed by atoms with Gasteiger partial charge >= 0.3 is 0 Å². The molecule has 0 unspecified atom stereocenters. The largest absolute Gasteiger partial charge is 0.488 e. The molecule has 1 aromatic carbocycles. The summed E-state index contributed by atoms with van der Waals surface area (Å²) in [5, 5.41) is 0.659. The van der Waals surface area contributed by atoms with Gasteiger partial charge in [-0.2, -0.15) is 0 Å². The minimum atomic E-state index is -0.00939. The molecule has 0 aromatic heterocycles. The number of nitrogens with zero attached hydrogens (tertiary/aromatic N) is 2. The molecule has 0 radical (unpaired) electrons. The van der Waals surface area contributed by atoms with Crippen LogP contribution in [0.25, 0.3) is 6.08 Å². The summed E-state index contributed by atoms with van der Waals surface area (Å²) in [6, 6.07) is 5.51. The number of amides is 2. The first kappa shape index (κ1) is 19.1. The van der Waals surface area contributed by atoms with Crippen LogP contribution in [0.3, 0.4) is 0 Å². The van der Waals surface area contributed by atoms with Gasteiger partial charge in [-0.05, 0) is 55.5 Å². The van der Waals surface area contributed by atoms with Crippen molar-refractivity contribution in [3.05, 3.63) is 46.5 Å². The maximum atomic E-state index is 12.5. The van der Waals surface area contributed by atoms with E-state index >= 15 is 0 Å². The number of hydrogen-bond donors (Lipinski definition) is 0. The van der Waals surface area contributed by atoms with Gasteiger partial charge in [0.05, 0.1) is 0 Å². The molecule has 0 aliphatic carbocycles. The van der Waals surface area contributed by atoms with Crippen molar-refractivity contribution in [1.29, 1.82) is 0 Å². The Morgan fingerprint density at radius 2 is 1.82 bits per heavy atom. The molecule has 2 saturated heterocycles. The molecular formula is C22H25ClN2O3. The van der Waals surface area contributed by atoms with Crippen molar-refractivity contribution < 1.29 is 14.3 Å². The monoisotopic (exact) mass is 400 g/mol. The fourth-order valence-electron chi connectivity index (χ4n) is 4.09. The van der Waals surface area contributed by atoms with E-state index in [1.807, 2.05) is 34.1 Å². The van der Waals surface area contributed by atoms with Gasteiger partial charge in [-0.15, -0.1) is 0 Å². The highest BCUT2D eigenvalue weighted by Gasteiger charge is 2.30. The maximum absolute atomic E-state index is 12.5. The Hall–Kier alpha value is -2.27. The zero-order chi connectivity index (χ0) is 19.5. The summed E-state index contributed by atoms with van der Waals surface area (Å²) in [5.74, 6) is 1.14. The van der Waals surface area contributed by atoms with E-state index in [0.29, 0.717) is 24.7 Å². The lowest BCUT2D eigenvalue weighted by Crippen LogP contribution is -2.43. The number of fused-ring (bicyclic) bond motifs is 1. The zero-order valence-corrected chi connectivity index (χ0v) is 16.7. The molecule has 3 heterocycles. The maximum Gasteiger partial charge on any atom is 0.246 e. The molecule has 0 bridgehead atoms. The number of likely N-dealkylation sites (tertiary alicyclic amines) is 2. The lowest BCUT2D eigenvalue weighted by molar-refractivity contribution is -0.138. The van der Waals surface area contributed by atoms with E-state index in [4.69, 9.17) is 16.3 Å². The van der Waals surface area contributed by atoms with Crippen LogP contribution in [0.15, 0.2) is 35.9 Å². The molecule has 5 nitrogen and oxygen atoms in total. The molecule has 2 fully saturated rings. The van der Waals surface area contributed by atoms with Crippen molar-refractivity contribution in [2.24, 2.45) is 5.92 Å². The average molecular weight is 401 g/mol. The van der Waals surface area contributed by atoms with Crippen molar-refractivity contribution in [3.8, 4) is 5.75 Å². The second kappa shape index (κ2) is 8.39. The quantitative estimate of drug-likeness (QED) is 0.729. The van der Waals surface area contributed by atoms with E-state index in [1.54, 1.807) is 12.1 Å². The van der Waals surface area contributed by atoms with Crippen molar-refractivity contribution in [2.45, 2.75) is 25.7 Å². The molecule has 0 N–H and O–H groups in total. The van der Waals surface area contributed by atoms with Crippen LogP contribution in [0.1, 0.15) is 31.2 Å². The van der Waals surface area contributed by atoms with Gasteiger partial charge in [-0.1, -0.05) is 17.7 Å². The standard InChI is InChI=1S/C22H25ClN2O3/c23-19-4-5-20-18(14-19)13-16(15-28-20)3-6-21(26)24-11-7-17(8-12-24)22(27)25-9-1-2-10-25/h3-6,13-14,17H,1-2,7-12,15H2/b6-3+. The molecule has 28 heavy (non-hydrogen) atoms. The number of benzene rings is 1. The Kier molecular flexibility index (Phi) is 5.72. The van der Waals surface area contributed by atoms with Crippen LogP contribution in [0.4, 0.5) is 0 Å². The van der Waals surface area contributed by atoms with Crippen LogP contribution in [-0.2, 0) is 9.59 Å². The molecule has 148 valence electrons. The van der Waals surface area contributed by atoms with Gasteiger partial charge in [-0.25, -0.2) is 0 Å². The number of halogens is 1. The molecular weight excluding hydrogens is 376 g/mol. The molecule has 0 saturated carbocycles. The molecule has 1 aromatic rings. The van der Waals surface area contributed by atoms with Gasteiger partial charge in [0, 0.05) is 48.8 Å². The lowest BCUT2D eigenvalue weighted by atomic mass is 9.95. The number of carbonyl (C=O) groups excluding carboxylic acids is 2. The third-order valence-electron chi connectivity index (χ3n) is 5.72. The second-order valence-corrected chi connectivity index (χ2v) is 8.09. The first-order valence-corrected chi connectivity index (χ1v) is 10.4. The number of hydrogen-bond acceptors (Lipinski definition) is 3. The summed E-state index contributed by atoms with van der Waals surface area (Å²) in [6.07, 6.45) is 9.16. The summed E-state index contributed by atoms with van der Waals surface area (Å²) in [4.78, 5) is 28.9. The second-order valence-electron chi connectivity index (χ2n) is 7.66. The first-order chi connectivity index (χ1) is 13.6. The van der Waals surface area contributed by atoms with Crippen molar-refractivity contribution >= 4 is 29.5 Å². The summed E-state index contributed by atoms with van der Waals surface area (Å²) < 4.78 is 5.71. The van der Waals surface area contributed by atoms with E-state index in [9.17, 15) is 9.59 Å². The summed E-state index contributed by atoms with van der Waals surface area (Å²) in [6.45, 7) is 3.51. The highest BCUT2D eigenvalue weighted by molar-refractivity contribution is 6.30. The lowest BCUT2D eigenvalue weighted by Gasteiger charge is -2.32. The van der Waals surface area contributed by atoms with Crippen LogP contribution < -0.4 is 4.74 Å². The van der Waals surface area contributed by atoms with E-state index in [2.05, 4.69) is 0 Å². The summed E-state index contributed by atoms with van der Waals surface area (Å²) >= 11 is 6.04. The van der Waals surface area contributed by atoms with Crippen molar-refractivity contribution in [1.82, 2.24) is 9.80 Å². The first-order valence-electron chi connectivity index (χ1n) is 9.99. The molecule has 6 heteroatoms. The smallest absolute Gasteiger partial charge is 0.246 e. The van der Waals surface area contributed by atoms with Crippen molar-refractivity contribution in [3.63, 3.8) is 0 Å². The van der Waals surface area contributed by atoms with Gasteiger partial charge < -0.3 is 14.5 Å². The van der Waals surface area contributed by atoms with Gasteiger partial charge in [0.25, 0.3) is 0 Å². The number of piperidine rings is 1. The molecule has 2 amide bonds. The fraction of sp³-hybridized carbons (Fsp3) is 0.455. The number of ether oxygens (including phenoxy) is 1. The van der Waals surface area contributed by atoms with Crippen LogP contribution in [0.2, 0.25) is 5.02 Å². The van der Waals surface area contributed by atoms with Gasteiger partial charge in [0.1, 0.15) is 12.4 Å². The Bertz CT molecular complexity index is 819. The van der Waals surface area contributed by atoms with Crippen LogP contribution in [0, 0.1) is 5.92 Å². The fourth-order valence-corrected chi connectivity index (χ4v) is 4.27. The van der Waals surface area contributed by atoms with Crippen LogP contribution in [-0.4, -0.2) is 54.4 Å². The number of carbonyl (C=O) groups is 2. The SMILES string of the molecule is O=C(/C=C/C1=Cc2cc(Cl)ccc2OC1)N1CCC(C(=O)N2CCCC2)CC1. The molecule has 4 rings (SSSR count). The van der Waals surface area contributed by atoms with E-state index in [1.165, 1.54) is 0 Å². The summed E-state index contributed by atoms with van der Waals surface area (Å²) in [7, 11) is 0. The Morgan fingerprint density at radius 1 is 1.07 bits per heavy atom. The molecule has 0 atom stereocenters. The Balaban J connectivity index is 1.31. The normalized spacial score (nSPS) is 20.1. The number of rotatable bonds is 3. The van der Waals surface area contributed by atoms with Gasteiger partial charge in [-0.3, -0.25) is 9.59 Å². The highest BCUT2D eigenvalue weighted by Crippen LogP contribution is 2.29. The minimum absolute atomic E-state index is 0.00939.